The number of piperazine rings is 1. The summed E-state index contributed by atoms with van der Waals surface area (Å²) in [4.78, 5) is 2.24. The lowest BCUT2D eigenvalue weighted by Gasteiger charge is -2.44. The summed E-state index contributed by atoms with van der Waals surface area (Å²) in [6.07, 6.45) is 2.88. The highest BCUT2D eigenvalue weighted by atomic mass is 35.5. The van der Waals surface area contributed by atoms with Gasteiger partial charge >= 0.3 is 0 Å². The molecule has 2 heterocycles. The molecule has 2 aliphatic rings. The zero-order chi connectivity index (χ0) is 14.9. The molecule has 0 bridgehead atoms. The topological polar surface area (TPSA) is 43.9 Å². The maximum absolute atomic E-state index is 12.9. The summed E-state index contributed by atoms with van der Waals surface area (Å²) in [7, 11) is -1.32. The van der Waals surface area contributed by atoms with Crippen molar-refractivity contribution in [2.45, 2.75) is 51.2 Å². The van der Waals surface area contributed by atoms with Crippen LogP contribution in [0, 0.1) is 0 Å². The first-order valence-corrected chi connectivity index (χ1v) is 9.36. The minimum Gasteiger partial charge on any atom is -0.298 e. The zero-order valence-electron chi connectivity index (χ0n) is 12.6. The highest BCUT2D eigenvalue weighted by Crippen LogP contribution is 2.26. The molecule has 0 aromatic heterocycles. The van der Waals surface area contributed by atoms with E-state index in [1.165, 1.54) is 0 Å². The fourth-order valence-electron chi connectivity index (χ4n) is 3.12. The molecule has 2 rings (SSSR count). The lowest BCUT2D eigenvalue weighted by molar-refractivity contribution is 0.0981. The number of nitrogens with zero attached hydrogens (tertiary/aromatic N) is 3. The van der Waals surface area contributed by atoms with Crippen molar-refractivity contribution >= 4 is 21.8 Å². The largest absolute Gasteiger partial charge is 0.298 e. The van der Waals surface area contributed by atoms with Gasteiger partial charge in [-0.05, 0) is 33.7 Å². The van der Waals surface area contributed by atoms with Gasteiger partial charge in [0.1, 0.15) is 0 Å². The van der Waals surface area contributed by atoms with Gasteiger partial charge in [-0.25, -0.2) is 0 Å². The average Bonchev–Trinajstić information content (AvgIpc) is 2.44. The molecule has 0 N–H and O–H groups in total. The summed E-state index contributed by atoms with van der Waals surface area (Å²) in [5, 5.41) is 0. The Morgan fingerprint density at radius 2 is 1.75 bits per heavy atom. The Labute approximate surface area is 128 Å². The SMILES string of the molecule is CC1CN(S(=O)(=O)N2CCCCC2CCl)CC(C)N1C. The molecular formula is C13H26ClN3O2S. The van der Waals surface area contributed by atoms with Gasteiger partial charge in [0.15, 0.2) is 0 Å². The van der Waals surface area contributed by atoms with Gasteiger partial charge in [0, 0.05) is 43.6 Å². The standard InChI is InChI=1S/C13H26ClN3O2S/c1-11-9-16(10-12(2)15(11)3)20(18,19)17-7-5-4-6-13(17)8-14/h11-13H,4-10H2,1-3H3. The van der Waals surface area contributed by atoms with Gasteiger partial charge in [-0.1, -0.05) is 6.42 Å². The van der Waals surface area contributed by atoms with Gasteiger partial charge in [-0.15, -0.1) is 11.6 Å². The molecule has 0 spiro atoms. The Bertz CT molecular complexity index is 419. The van der Waals surface area contributed by atoms with Gasteiger partial charge in [-0.3, -0.25) is 4.90 Å². The van der Waals surface area contributed by atoms with Gasteiger partial charge in [-0.2, -0.15) is 17.0 Å². The fourth-order valence-corrected chi connectivity index (χ4v) is 5.55. The van der Waals surface area contributed by atoms with Crippen LogP contribution in [0.25, 0.3) is 0 Å². The Morgan fingerprint density at radius 3 is 2.30 bits per heavy atom. The molecule has 2 fully saturated rings. The molecule has 7 heteroatoms. The van der Waals surface area contributed by atoms with E-state index in [9.17, 15) is 8.42 Å². The first-order valence-electron chi connectivity index (χ1n) is 7.42. The summed E-state index contributed by atoms with van der Waals surface area (Å²) in [5.41, 5.74) is 0. The van der Waals surface area contributed by atoms with E-state index in [1.54, 1.807) is 8.61 Å². The second kappa shape index (κ2) is 6.48. The van der Waals surface area contributed by atoms with Crippen molar-refractivity contribution in [3.05, 3.63) is 0 Å². The molecule has 2 aliphatic heterocycles. The molecule has 0 aromatic carbocycles. The molecule has 0 amide bonds. The summed E-state index contributed by atoms with van der Waals surface area (Å²) in [5.74, 6) is 0.387. The molecule has 0 aromatic rings. The van der Waals surface area contributed by atoms with Crippen molar-refractivity contribution in [1.82, 2.24) is 13.5 Å². The minimum absolute atomic E-state index is 0.0410. The van der Waals surface area contributed by atoms with Gasteiger partial charge < -0.3 is 0 Å². The van der Waals surface area contributed by atoms with Crippen LogP contribution in [0.4, 0.5) is 0 Å². The third-order valence-corrected chi connectivity index (χ3v) is 7.08. The highest BCUT2D eigenvalue weighted by molar-refractivity contribution is 7.86. The Hall–Kier alpha value is 0.120. The second-order valence-electron chi connectivity index (χ2n) is 6.10. The van der Waals surface area contributed by atoms with Crippen molar-refractivity contribution in [3.8, 4) is 0 Å². The number of hydrogen-bond donors (Lipinski definition) is 0. The van der Waals surface area contributed by atoms with E-state index in [-0.39, 0.29) is 18.1 Å². The van der Waals surface area contributed by atoms with Crippen LogP contribution in [-0.4, -0.2) is 72.6 Å². The second-order valence-corrected chi connectivity index (χ2v) is 8.29. The van der Waals surface area contributed by atoms with Crippen molar-refractivity contribution in [1.29, 1.82) is 0 Å². The number of piperidine rings is 1. The molecule has 3 unspecified atom stereocenters. The number of halogens is 1. The normalized spacial score (nSPS) is 35.3. The van der Waals surface area contributed by atoms with E-state index in [2.05, 4.69) is 25.8 Å². The smallest absolute Gasteiger partial charge is 0.282 e. The van der Waals surface area contributed by atoms with Crippen LogP contribution in [-0.2, 0) is 10.2 Å². The van der Waals surface area contributed by atoms with Gasteiger partial charge in [0.2, 0.25) is 0 Å². The quantitative estimate of drug-likeness (QED) is 0.736. The van der Waals surface area contributed by atoms with Crippen molar-refractivity contribution in [2.75, 3.05) is 32.6 Å². The first-order chi connectivity index (χ1) is 9.37. The van der Waals surface area contributed by atoms with Crippen LogP contribution in [0.1, 0.15) is 33.1 Å². The summed E-state index contributed by atoms with van der Waals surface area (Å²) >= 11 is 5.97. The molecule has 2 saturated heterocycles. The van der Waals surface area contributed by atoms with E-state index in [1.807, 2.05) is 0 Å². The summed E-state index contributed by atoms with van der Waals surface area (Å²) in [6.45, 7) is 5.89. The number of alkyl halides is 1. The molecule has 0 aliphatic carbocycles. The fraction of sp³-hybridized carbons (Fsp3) is 1.00. The van der Waals surface area contributed by atoms with Crippen molar-refractivity contribution in [3.63, 3.8) is 0 Å². The molecule has 20 heavy (non-hydrogen) atoms. The number of rotatable bonds is 3. The van der Waals surface area contributed by atoms with Crippen molar-refractivity contribution < 1.29 is 8.42 Å². The molecule has 3 atom stereocenters. The highest BCUT2D eigenvalue weighted by Gasteiger charge is 2.40. The third kappa shape index (κ3) is 3.14. The van der Waals surface area contributed by atoms with E-state index in [0.717, 1.165) is 19.3 Å². The van der Waals surface area contributed by atoms with Gasteiger partial charge in [0.05, 0.1) is 0 Å². The summed E-state index contributed by atoms with van der Waals surface area (Å²) < 4.78 is 29.0. The van der Waals surface area contributed by atoms with E-state index >= 15 is 0 Å². The summed E-state index contributed by atoms with van der Waals surface area (Å²) in [6, 6.07) is 0.446. The van der Waals surface area contributed by atoms with E-state index in [4.69, 9.17) is 11.6 Å². The maximum atomic E-state index is 12.9. The zero-order valence-corrected chi connectivity index (χ0v) is 14.2. The van der Waals surface area contributed by atoms with Gasteiger partial charge in [0.25, 0.3) is 10.2 Å². The van der Waals surface area contributed by atoms with E-state index < -0.39 is 10.2 Å². The molecule has 0 radical (unpaired) electrons. The van der Waals surface area contributed by atoms with E-state index in [0.29, 0.717) is 25.5 Å². The van der Waals surface area contributed by atoms with Crippen LogP contribution in [0.5, 0.6) is 0 Å². The minimum atomic E-state index is -3.38. The number of likely N-dealkylation sites (N-methyl/N-ethyl adjacent to an activating group) is 1. The average molecular weight is 324 g/mol. The predicted octanol–water partition coefficient (Wildman–Crippen LogP) is 1.35. The predicted molar refractivity (Wildman–Crippen MR) is 82.2 cm³/mol. The monoisotopic (exact) mass is 323 g/mol. The maximum Gasteiger partial charge on any atom is 0.282 e. The Kier molecular flexibility index (Phi) is 5.34. The molecule has 118 valence electrons. The lowest BCUT2D eigenvalue weighted by atomic mass is 10.1. The Morgan fingerprint density at radius 1 is 1.15 bits per heavy atom. The molecule has 0 saturated carbocycles. The van der Waals surface area contributed by atoms with Crippen LogP contribution < -0.4 is 0 Å². The lowest BCUT2D eigenvalue weighted by Crippen LogP contribution is -2.60. The van der Waals surface area contributed by atoms with Crippen LogP contribution in [0.2, 0.25) is 0 Å². The van der Waals surface area contributed by atoms with Crippen LogP contribution >= 0.6 is 11.6 Å². The first kappa shape index (κ1) is 16.5. The van der Waals surface area contributed by atoms with Crippen molar-refractivity contribution in [2.24, 2.45) is 0 Å². The van der Waals surface area contributed by atoms with Crippen LogP contribution in [0.15, 0.2) is 0 Å². The van der Waals surface area contributed by atoms with Crippen LogP contribution in [0.3, 0.4) is 0 Å². The molecular weight excluding hydrogens is 298 g/mol. The Balaban J connectivity index is 2.17. The third-order valence-electron chi connectivity index (χ3n) is 4.70. The number of hydrogen-bond acceptors (Lipinski definition) is 3. The molecule has 5 nitrogen and oxygen atoms in total.